The number of benzene rings is 1. The van der Waals surface area contributed by atoms with Gasteiger partial charge in [-0.15, -0.1) is 0 Å². The molecule has 0 saturated carbocycles. The summed E-state index contributed by atoms with van der Waals surface area (Å²) in [5.41, 5.74) is 0.760. The van der Waals surface area contributed by atoms with E-state index in [1.54, 1.807) is 18.4 Å². The summed E-state index contributed by atoms with van der Waals surface area (Å²) in [6, 6.07) is 8.72. The molecule has 2 rings (SSSR count). The van der Waals surface area contributed by atoms with Crippen LogP contribution in [0.15, 0.2) is 41.0 Å². The Balaban J connectivity index is 2.00. The lowest BCUT2D eigenvalue weighted by atomic mass is 10.1. The molecule has 0 saturated heterocycles. The van der Waals surface area contributed by atoms with Gasteiger partial charge in [-0.05, 0) is 43.7 Å². The van der Waals surface area contributed by atoms with E-state index in [2.05, 4.69) is 5.32 Å². The van der Waals surface area contributed by atoms with Crippen molar-refractivity contribution in [3.05, 3.63) is 52.9 Å². The fourth-order valence-corrected chi connectivity index (χ4v) is 2.14. The number of halogens is 1. The number of nitrogens with one attached hydrogen (secondary N) is 1. The van der Waals surface area contributed by atoms with Crippen LogP contribution < -0.4 is 5.32 Å². The second-order valence-corrected chi connectivity index (χ2v) is 5.09. The van der Waals surface area contributed by atoms with Gasteiger partial charge in [0.1, 0.15) is 5.76 Å². The van der Waals surface area contributed by atoms with Gasteiger partial charge in [0.25, 0.3) is 0 Å². The van der Waals surface area contributed by atoms with E-state index >= 15 is 0 Å². The van der Waals surface area contributed by atoms with Gasteiger partial charge in [-0.3, -0.25) is 0 Å². The molecule has 0 fully saturated rings. The number of carboxylic acids is 1. The summed E-state index contributed by atoms with van der Waals surface area (Å²) in [6.07, 6.45) is 3.29. The van der Waals surface area contributed by atoms with E-state index in [9.17, 15) is 4.79 Å². The molecule has 20 heavy (non-hydrogen) atoms. The topological polar surface area (TPSA) is 62.5 Å². The fourth-order valence-electron chi connectivity index (χ4n) is 1.97. The number of hydrogen-bond donors (Lipinski definition) is 2. The van der Waals surface area contributed by atoms with Crippen LogP contribution in [-0.2, 0) is 6.42 Å². The number of carbonyl (C=O) groups is 1. The summed E-state index contributed by atoms with van der Waals surface area (Å²) in [7, 11) is 0. The van der Waals surface area contributed by atoms with E-state index in [-0.39, 0.29) is 11.6 Å². The lowest BCUT2D eigenvalue weighted by molar-refractivity contribution is 0.0698. The second-order valence-electron chi connectivity index (χ2n) is 4.66. The first kappa shape index (κ1) is 14.5. The minimum Gasteiger partial charge on any atom is -0.478 e. The molecule has 5 heteroatoms. The number of carboxylic acid groups (broad SMARTS) is 1. The average molecular weight is 294 g/mol. The second kappa shape index (κ2) is 6.48. The van der Waals surface area contributed by atoms with Crippen molar-refractivity contribution >= 4 is 23.3 Å². The first-order chi connectivity index (χ1) is 9.56. The Morgan fingerprint density at radius 2 is 2.25 bits per heavy atom. The molecule has 1 atom stereocenters. The summed E-state index contributed by atoms with van der Waals surface area (Å²) in [5, 5.41) is 12.8. The van der Waals surface area contributed by atoms with Gasteiger partial charge < -0.3 is 14.8 Å². The van der Waals surface area contributed by atoms with E-state index in [0.717, 1.165) is 18.6 Å². The quantitative estimate of drug-likeness (QED) is 0.843. The lowest BCUT2D eigenvalue weighted by Crippen LogP contribution is -2.18. The maximum absolute atomic E-state index is 11.2. The molecule has 0 bridgehead atoms. The van der Waals surface area contributed by atoms with Crippen molar-refractivity contribution in [1.82, 2.24) is 0 Å². The van der Waals surface area contributed by atoms with Crippen molar-refractivity contribution in [2.75, 3.05) is 5.32 Å². The molecule has 1 heterocycles. The number of anilines is 1. The van der Waals surface area contributed by atoms with Gasteiger partial charge >= 0.3 is 5.97 Å². The molecule has 2 aromatic rings. The Bertz CT molecular complexity index is 581. The predicted molar refractivity (Wildman–Crippen MR) is 78.5 cm³/mol. The Labute approximate surface area is 122 Å². The molecule has 0 aliphatic rings. The minimum absolute atomic E-state index is 0.124. The molecule has 0 aliphatic carbocycles. The van der Waals surface area contributed by atoms with E-state index < -0.39 is 5.97 Å². The van der Waals surface area contributed by atoms with Crippen LogP contribution in [0.3, 0.4) is 0 Å². The van der Waals surface area contributed by atoms with Crippen molar-refractivity contribution < 1.29 is 14.3 Å². The van der Waals surface area contributed by atoms with Crippen molar-refractivity contribution in [2.24, 2.45) is 0 Å². The van der Waals surface area contributed by atoms with E-state index in [0.29, 0.717) is 10.7 Å². The molecule has 1 aromatic carbocycles. The van der Waals surface area contributed by atoms with Crippen molar-refractivity contribution in [2.45, 2.75) is 25.8 Å². The highest BCUT2D eigenvalue weighted by atomic mass is 35.5. The van der Waals surface area contributed by atoms with Gasteiger partial charge in [0.15, 0.2) is 0 Å². The first-order valence-electron chi connectivity index (χ1n) is 6.38. The van der Waals surface area contributed by atoms with Gasteiger partial charge in [0.05, 0.1) is 11.8 Å². The summed E-state index contributed by atoms with van der Waals surface area (Å²) in [6.45, 7) is 2.00. The summed E-state index contributed by atoms with van der Waals surface area (Å²) in [5.74, 6) is -0.0681. The molecule has 1 aromatic heterocycles. The fraction of sp³-hybridized carbons (Fsp3) is 0.267. The maximum Gasteiger partial charge on any atom is 0.337 e. The van der Waals surface area contributed by atoms with Crippen LogP contribution in [0.25, 0.3) is 0 Å². The standard InChI is InChI=1S/C15H16ClNO3/c1-10(4-6-12-3-2-8-20-12)17-14-7-5-11(16)9-13(14)15(18)19/h2-3,5,7-10,17H,4,6H2,1H3,(H,18,19). The van der Waals surface area contributed by atoms with Crippen molar-refractivity contribution in [1.29, 1.82) is 0 Å². The number of aromatic carboxylic acids is 1. The minimum atomic E-state index is -0.992. The van der Waals surface area contributed by atoms with E-state index in [1.807, 2.05) is 19.1 Å². The molecule has 106 valence electrons. The Morgan fingerprint density at radius 3 is 2.90 bits per heavy atom. The normalized spacial score (nSPS) is 12.1. The largest absolute Gasteiger partial charge is 0.478 e. The maximum atomic E-state index is 11.2. The van der Waals surface area contributed by atoms with Crippen LogP contribution in [-0.4, -0.2) is 17.1 Å². The number of furan rings is 1. The number of rotatable bonds is 6. The van der Waals surface area contributed by atoms with Crippen LogP contribution in [0.4, 0.5) is 5.69 Å². The first-order valence-corrected chi connectivity index (χ1v) is 6.76. The summed E-state index contributed by atoms with van der Waals surface area (Å²) < 4.78 is 5.27. The molecule has 2 N–H and O–H groups in total. The monoisotopic (exact) mass is 293 g/mol. The van der Waals surface area contributed by atoms with Crippen LogP contribution in [0.2, 0.25) is 5.02 Å². The summed E-state index contributed by atoms with van der Waals surface area (Å²) >= 11 is 5.82. The average Bonchev–Trinajstić information content (AvgIpc) is 2.91. The molecule has 0 aliphatic heterocycles. The molecule has 0 amide bonds. The lowest BCUT2D eigenvalue weighted by Gasteiger charge is -2.16. The molecular formula is C15H16ClNO3. The zero-order valence-corrected chi connectivity index (χ0v) is 11.9. The summed E-state index contributed by atoms with van der Waals surface area (Å²) in [4.78, 5) is 11.2. The molecule has 1 unspecified atom stereocenters. The van der Waals surface area contributed by atoms with Crippen LogP contribution >= 0.6 is 11.6 Å². The Morgan fingerprint density at radius 1 is 1.45 bits per heavy atom. The van der Waals surface area contributed by atoms with Crippen molar-refractivity contribution in [3.8, 4) is 0 Å². The van der Waals surface area contributed by atoms with Crippen LogP contribution in [0.1, 0.15) is 29.5 Å². The van der Waals surface area contributed by atoms with Gasteiger partial charge in [-0.25, -0.2) is 4.79 Å². The smallest absolute Gasteiger partial charge is 0.337 e. The van der Waals surface area contributed by atoms with E-state index in [1.165, 1.54) is 6.07 Å². The van der Waals surface area contributed by atoms with Crippen molar-refractivity contribution in [3.63, 3.8) is 0 Å². The third-order valence-electron chi connectivity index (χ3n) is 3.02. The SMILES string of the molecule is CC(CCc1ccco1)Nc1ccc(Cl)cc1C(=O)O. The zero-order chi connectivity index (χ0) is 14.5. The van der Waals surface area contributed by atoms with Gasteiger partial charge in [-0.2, -0.15) is 0 Å². The van der Waals surface area contributed by atoms with Gasteiger partial charge in [0, 0.05) is 23.2 Å². The van der Waals surface area contributed by atoms with Crippen LogP contribution in [0, 0.1) is 0 Å². The van der Waals surface area contributed by atoms with Gasteiger partial charge in [0.2, 0.25) is 0 Å². The Kier molecular flexibility index (Phi) is 4.69. The van der Waals surface area contributed by atoms with Gasteiger partial charge in [-0.1, -0.05) is 11.6 Å². The predicted octanol–water partition coefficient (Wildman–Crippen LogP) is 4.06. The highest BCUT2D eigenvalue weighted by Gasteiger charge is 2.13. The number of hydrogen-bond acceptors (Lipinski definition) is 3. The highest BCUT2D eigenvalue weighted by molar-refractivity contribution is 6.31. The van der Waals surface area contributed by atoms with E-state index in [4.69, 9.17) is 21.1 Å². The third kappa shape index (κ3) is 3.78. The van der Waals surface area contributed by atoms with Crippen LogP contribution in [0.5, 0.6) is 0 Å². The number of aryl methyl sites for hydroxylation is 1. The zero-order valence-electron chi connectivity index (χ0n) is 11.1. The third-order valence-corrected chi connectivity index (χ3v) is 3.25. The molecule has 0 spiro atoms. The molecule has 4 nitrogen and oxygen atoms in total. The Hall–Kier alpha value is -1.94. The molecule has 0 radical (unpaired) electrons. The highest BCUT2D eigenvalue weighted by Crippen LogP contribution is 2.22. The molecular weight excluding hydrogens is 278 g/mol.